The van der Waals surface area contributed by atoms with E-state index in [2.05, 4.69) is 5.32 Å². The van der Waals surface area contributed by atoms with Gasteiger partial charge in [0, 0.05) is 19.1 Å². The first kappa shape index (κ1) is 15.5. The van der Waals surface area contributed by atoms with E-state index < -0.39 is 10.0 Å². The van der Waals surface area contributed by atoms with E-state index in [1.165, 1.54) is 6.07 Å². The lowest BCUT2D eigenvalue weighted by molar-refractivity contribution is 0.335. The molecule has 0 bridgehead atoms. The molecular formula is C11H16Cl2N2O2S2. The number of nitrogens with one attached hydrogen (secondary N) is 1. The molecule has 2 rings (SSSR count). The van der Waals surface area contributed by atoms with Crippen LogP contribution in [0, 0.1) is 0 Å². The van der Waals surface area contributed by atoms with E-state index in [-0.39, 0.29) is 15.3 Å². The van der Waals surface area contributed by atoms with E-state index in [1.54, 1.807) is 4.31 Å². The number of thiophene rings is 1. The largest absolute Gasteiger partial charge is 0.315 e. The molecule has 0 aliphatic carbocycles. The summed E-state index contributed by atoms with van der Waals surface area (Å²) in [5.41, 5.74) is 0. The van der Waals surface area contributed by atoms with E-state index >= 15 is 0 Å². The second-order valence-electron chi connectivity index (χ2n) is 4.45. The topological polar surface area (TPSA) is 49.4 Å². The Morgan fingerprint density at radius 3 is 2.74 bits per heavy atom. The Bertz CT molecular complexity index is 539. The van der Waals surface area contributed by atoms with Crippen LogP contribution in [-0.2, 0) is 10.0 Å². The maximum atomic E-state index is 12.7. The number of halogens is 2. The van der Waals surface area contributed by atoms with Crippen LogP contribution in [-0.4, -0.2) is 38.4 Å². The molecule has 4 nitrogen and oxygen atoms in total. The van der Waals surface area contributed by atoms with Gasteiger partial charge in [0.05, 0.1) is 4.34 Å². The fraction of sp³-hybridized carbons (Fsp3) is 0.636. The molecule has 1 aliphatic heterocycles. The summed E-state index contributed by atoms with van der Waals surface area (Å²) in [6, 6.07) is 1.44. The van der Waals surface area contributed by atoms with Crippen molar-refractivity contribution in [2.24, 2.45) is 0 Å². The highest BCUT2D eigenvalue weighted by Gasteiger charge is 2.34. The number of hydrogen-bond acceptors (Lipinski definition) is 4. The van der Waals surface area contributed by atoms with Crippen LogP contribution in [0.3, 0.4) is 0 Å². The van der Waals surface area contributed by atoms with Gasteiger partial charge in [0.25, 0.3) is 0 Å². The molecule has 1 aromatic heterocycles. The summed E-state index contributed by atoms with van der Waals surface area (Å²) in [6.07, 6.45) is 1.60. The van der Waals surface area contributed by atoms with Gasteiger partial charge in [-0.05, 0) is 25.5 Å². The molecule has 2 heterocycles. The van der Waals surface area contributed by atoms with E-state index in [1.807, 2.05) is 6.92 Å². The normalized spacial score (nSPS) is 20.3. The van der Waals surface area contributed by atoms with Gasteiger partial charge in [0.15, 0.2) is 0 Å². The summed E-state index contributed by atoms with van der Waals surface area (Å²) in [6.45, 7) is 4.00. The van der Waals surface area contributed by atoms with Gasteiger partial charge in [0.1, 0.15) is 9.23 Å². The van der Waals surface area contributed by atoms with Gasteiger partial charge in [-0.1, -0.05) is 30.1 Å². The Balaban J connectivity index is 2.36. The van der Waals surface area contributed by atoms with Gasteiger partial charge >= 0.3 is 0 Å². The third kappa shape index (κ3) is 3.25. The molecule has 0 amide bonds. The van der Waals surface area contributed by atoms with Crippen molar-refractivity contribution in [3.05, 3.63) is 14.7 Å². The fourth-order valence-corrected chi connectivity index (χ4v) is 6.09. The van der Waals surface area contributed by atoms with Crippen molar-refractivity contribution in [1.82, 2.24) is 9.62 Å². The van der Waals surface area contributed by atoms with Gasteiger partial charge in [-0.15, -0.1) is 11.3 Å². The van der Waals surface area contributed by atoms with Crippen molar-refractivity contribution in [1.29, 1.82) is 0 Å². The number of hydrogen-bond donors (Lipinski definition) is 1. The molecule has 0 saturated carbocycles. The maximum absolute atomic E-state index is 12.7. The van der Waals surface area contributed by atoms with Crippen LogP contribution >= 0.6 is 34.5 Å². The number of rotatable bonds is 5. The quantitative estimate of drug-likeness (QED) is 0.894. The molecule has 1 aliphatic rings. The van der Waals surface area contributed by atoms with E-state index in [0.29, 0.717) is 17.4 Å². The monoisotopic (exact) mass is 342 g/mol. The van der Waals surface area contributed by atoms with E-state index in [4.69, 9.17) is 23.2 Å². The molecule has 0 aromatic carbocycles. The molecule has 1 N–H and O–H groups in total. The zero-order chi connectivity index (χ0) is 14.0. The van der Waals surface area contributed by atoms with Crippen molar-refractivity contribution in [3.8, 4) is 0 Å². The first-order chi connectivity index (χ1) is 8.96. The fourth-order valence-electron chi connectivity index (χ4n) is 2.23. The lowest BCUT2D eigenvalue weighted by atomic mass is 10.2. The predicted molar refractivity (Wildman–Crippen MR) is 79.8 cm³/mol. The standard InChI is InChI=1S/C11H16Cl2N2O2S2/c1-2-5-15(8-3-4-14-7-8)19(16,17)9-6-10(12)18-11(9)13/h6,8,14H,2-5,7H2,1H3. The summed E-state index contributed by atoms with van der Waals surface area (Å²) < 4.78 is 27.6. The van der Waals surface area contributed by atoms with E-state index in [9.17, 15) is 8.42 Å². The molecule has 8 heteroatoms. The van der Waals surface area contributed by atoms with Crippen LogP contribution in [0.15, 0.2) is 11.0 Å². The summed E-state index contributed by atoms with van der Waals surface area (Å²) in [7, 11) is -3.57. The third-order valence-corrected chi connectivity index (χ3v) is 6.80. The smallest absolute Gasteiger partial charge is 0.245 e. The minimum atomic E-state index is -3.57. The van der Waals surface area contributed by atoms with Gasteiger partial charge < -0.3 is 5.32 Å². The van der Waals surface area contributed by atoms with Gasteiger partial charge in [-0.2, -0.15) is 4.31 Å². The second kappa shape index (κ2) is 6.28. The molecule has 1 unspecified atom stereocenters. The molecule has 19 heavy (non-hydrogen) atoms. The molecule has 0 spiro atoms. The Labute approximate surface area is 127 Å². The zero-order valence-corrected chi connectivity index (χ0v) is 13.7. The Morgan fingerprint density at radius 2 is 2.26 bits per heavy atom. The summed E-state index contributed by atoms with van der Waals surface area (Å²) >= 11 is 12.9. The maximum Gasteiger partial charge on any atom is 0.245 e. The Kier molecular flexibility index (Phi) is 5.14. The first-order valence-corrected chi connectivity index (χ1v) is 9.15. The molecule has 1 saturated heterocycles. The highest BCUT2D eigenvalue weighted by atomic mass is 35.5. The molecule has 108 valence electrons. The summed E-state index contributed by atoms with van der Waals surface area (Å²) in [5.74, 6) is 0. The summed E-state index contributed by atoms with van der Waals surface area (Å²) in [5, 5.41) is 3.19. The third-order valence-electron chi connectivity index (χ3n) is 3.10. The Morgan fingerprint density at radius 1 is 1.53 bits per heavy atom. The molecule has 1 fully saturated rings. The molecular weight excluding hydrogens is 327 g/mol. The van der Waals surface area contributed by atoms with Crippen molar-refractivity contribution in [3.63, 3.8) is 0 Å². The van der Waals surface area contributed by atoms with Crippen molar-refractivity contribution in [2.75, 3.05) is 19.6 Å². The van der Waals surface area contributed by atoms with Gasteiger partial charge in [0.2, 0.25) is 10.0 Å². The average molecular weight is 343 g/mol. The number of nitrogens with zero attached hydrogens (tertiary/aromatic N) is 1. The Hall–Kier alpha value is 0.150. The average Bonchev–Trinajstić information content (AvgIpc) is 2.95. The van der Waals surface area contributed by atoms with Crippen LogP contribution in [0.4, 0.5) is 0 Å². The SMILES string of the molecule is CCCN(C1CCNC1)S(=O)(=O)c1cc(Cl)sc1Cl. The molecule has 1 atom stereocenters. The lowest BCUT2D eigenvalue weighted by Crippen LogP contribution is -2.41. The van der Waals surface area contributed by atoms with Gasteiger partial charge in [-0.3, -0.25) is 0 Å². The highest BCUT2D eigenvalue weighted by Crippen LogP contribution is 2.36. The minimum Gasteiger partial charge on any atom is -0.315 e. The van der Waals surface area contributed by atoms with E-state index in [0.717, 1.165) is 30.7 Å². The van der Waals surface area contributed by atoms with Crippen molar-refractivity contribution >= 4 is 44.6 Å². The van der Waals surface area contributed by atoms with Gasteiger partial charge in [-0.25, -0.2) is 8.42 Å². The molecule has 1 aromatic rings. The minimum absolute atomic E-state index is 0.000285. The predicted octanol–water partition coefficient (Wildman–Crippen LogP) is 2.82. The van der Waals surface area contributed by atoms with Crippen molar-refractivity contribution in [2.45, 2.75) is 30.7 Å². The zero-order valence-electron chi connectivity index (χ0n) is 10.5. The van der Waals surface area contributed by atoms with Crippen LogP contribution in [0.2, 0.25) is 8.67 Å². The van der Waals surface area contributed by atoms with Crippen LogP contribution < -0.4 is 5.32 Å². The molecule has 0 radical (unpaired) electrons. The lowest BCUT2D eigenvalue weighted by Gasteiger charge is -2.26. The highest BCUT2D eigenvalue weighted by molar-refractivity contribution is 7.89. The second-order valence-corrected chi connectivity index (χ2v) is 8.60. The van der Waals surface area contributed by atoms with Crippen LogP contribution in [0.5, 0.6) is 0 Å². The number of sulfonamides is 1. The first-order valence-electron chi connectivity index (χ1n) is 6.14. The van der Waals surface area contributed by atoms with Crippen LogP contribution in [0.1, 0.15) is 19.8 Å². The summed E-state index contributed by atoms with van der Waals surface area (Å²) in [4.78, 5) is 0.129. The van der Waals surface area contributed by atoms with Crippen molar-refractivity contribution < 1.29 is 8.42 Å². The van der Waals surface area contributed by atoms with Crippen LogP contribution in [0.25, 0.3) is 0 Å².